The molecule has 0 radical (unpaired) electrons. The topological polar surface area (TPSA) is 21.3 Å². The van der Waals surface area contributed by atoms with E-state index in [4.69, 9.17) is 0 Å². The molecule has 13 heavy (non-hydrogen) atoms. The molecule has 0 saturated carbocycles. The van der Waals surface area contributed by atoms with Crippen LogP contribution < -0.4 is 5.32 Å². The molecule has 0 spiro atoms. The summed E-state index contributed by atoms with van der Waals surface area (Å²) in [6, 6.07) is 0.0978. The Balaban J connectivity index is 2.48. The largest absolute Gasteiger partial charge is 0.573 e. The second kappa shape index (κ2) is 3.83. The lowest BCUT2D eigenvalue weighted by Gasteiger charge is -2.16. The Morgan fingerprint density at radius 1 is 1.54 bits per heavy atom. The van der Waals surface area contributed by atoms with Crippen LogP contribution in [-0.2, 0) is 4.74 Å². The predicted molar refractivity (Wildman–Crippen MR) is 41.8 cm³/mol. The molecule has 1 atom stereocenters. The van der Waals surface area contributed by atoms with E-state index in [1.165, 1.54) is 12.2 Å². The van der Waals surface area contributed by atoms with Crippen molar-refractivity contribution in [1.29, 1.82) is 0 Å². The molecule has 0 aliphatic heterocycles. The summed E-state index contributed by atoms with van der Waals surface area (Å²) in [4.78, 5) is 0. The van der Waals surface area contributed by atoms with Gasteiger partial charge in [-0.05, 0) is 25.6 Å². The number of halogens is 3. The van der Waals surface area contributed by atoms with Crippen LogP contribution in [0.5, 0.6) is 0 Å². The van der Waals surface area contributed by atoms with E-state index in [0.717, 1.165) is 0 Å². The molecule has 0 bridgehead atoms. The summed E-state index contributed by atoms with van der Waals surface area (Å²) in [5, 5.41) is 2.92. The molecule has 1 aliphatic rings. The van der Waals surface area contributed by atoms with E-state index in [9.17, 15) is 13.2 Å². The van der Waals surface area contributed by atoms with Gasteiger partial charge in [0, 0.05) is 6.04 Å². The maximum absolute atomic E-state index is 11.7. The van der Waals surface area contributed by atoms with Crippen LogP contribution in [0.25, 0.3) is 0 Å². The Hall–Kier alpha value is -0.970. The fraction of sp³-hybridized carbons (Fsp3) is 0.500. The Kier molecular flexibility index (Phi) is 2.98. The lowest BCUT2D eigenvalue weighted by atomic mass is 10.1. The maximum Gasteiger partial charge on any atom is 0.573 e. The van der Waals surface area contributed by atoms with Crippen LogP contribution in [0, 0.1) is 0 Å². The number of hydrogen-bond donors (Lipinski definition) is 1. The van der Waals surface area contributed by atoms with Crippen molar-refractivity contribution in [1.82, 2.24) is 5.32 Å². The highest BCUT2D eigenvalue weighted by Crippen LogP contribution is 2.23. The van der Waals surface area contributed by atoms with E-state index >= 15 is 0 Å². The van der Waals surface area contributed by atoms with Crippen LogP contribution in [-0.4, -0.2) is 19.5 Å². The van der Waals surface area contributed by atoms with Gasteiger partial charge in [0.05, 0.1) is 0 Å². The van der Waals surface area contributed by atoms with Gasteiger partial charge in [-0.2, -0.15) is 0 Å². The SMILES string of the molecule is CNC1C=CC(OC(F)(F)F)=CC1. The quantitative estimate of drug-likeness (QED) is 0.723. The van der Waals surface area contributed by atoms with Crippen LogP contribution in [0.2, 0.25) is 0 Å². The summed E-state index contributed by atoms with van der Waals surface area (Å²) >= 11 is 0. The molecular formula is C8H10F3NO. The number of ether oxygens (including phenoxy) is 1. The van der Waals surface area contributed by atoms with Crippen molar-refractivity contribution in [2.75, 3.05) is 7.05 Å². The van der Waals surface area contributed by atoms with E-state index < -0.39 is 6.36 Å². The average molecular weight is 193 g/mol. The Morgan fingerprint density at radius 3 is 2.62 bits per heavy atom. The minimum atomic E-state index is -4.59. The monoisotopic (exact) mass is 193 g/mol. The molecule has 0 aromatic carbocycles. The van der Waals surface area contributed by atoms with E-state index in [2.05, 4.69) is 10.1 Å². The Bertz CT molecular complexity index is 232. The van der Waals surface area contributed by atoms with Crippen molar-refractivity contribution in [2.45, 2.75) is 18.8 Å². The summed E-state index contributed by atoms with van der Waals surface area (Å²) in [7, 11) is 1.75. The molecule has 1 unspecified atom stereocenters. The van der Waals surface area contributed by atoms with Crippen LogP contribution in [0.15, 0.2) is 24.0 Å². The fourth-order valence-electron chi connectivity index (χ4n) is 1.02. The maximum atomic E-state index is 11.7. The normalized spacial score (nSPS) is 22.8. The summed E-state index contributed by atoms with van der Waals surface area (Å²) < 4.78 is 38.8. The molecule has 5 heteroatoms. The van der Waals surface area contributed by atoms with E-state index in [-0.39, 0.29) is 11.8 Å². The van der Waals surface area contributed by atoms with Crippen LogP contribution in [0.1, 0.15) is 6.42 Å². The van der Waals surface area contributed by atoms with Gasteiger partial charge < -0.3 is 10.1 Å². The van der Waals surface area contributed by atoms with Gasteiger partial charge in [-0.15, -0.1) is 13.2 Å². The van der Waals surface area contributed by atoms with Gasteiger partial charge in [-0.3, -0.25) is 0 Å². The third-order valence-corrected chi connectivity index (χ3v) is 1.67. The van der Waals surface area contributed by atoms with Gasteiger partial charge >= 0.3 is 6.36 Å². The fourth-order valence-corrected chi connectivity index (χ4v) is 1.02. The van der Waals surface area contributed by atoms with Crippen molar-refractivity contribution in [3.05, 3.63) is 24.0 Å². The first kappa shape index (κ1) is 10.1. The summed E-state index contributed by atoms with van der Waals surface area (Å²) in [6.07, 6.45) is 0.287. The lowest BCUT2D eigenvalue weighted by Crippen LogP contribution is -2.24. The zero-order valence-electron chi connectivity index (χ0n) is 7.06. The van der Waals surface area contributed by atoms with Crippen molar-refractivity contribution >= 4 is 0 Å². The first-order chi connectivity index (χ1) is 6.01. The minimum Gasteiger partial charge on any atom is -0.406 e. The molecular weight excluding hydrogens is 183 g/mol. The average Bonchev–Trinajstić information content (AvgIpc) is 2.03. The first-order valence-corrected chi connectivity index (χ1v) is 3.82. The number of likely N-dealkylation sites (N-methyl/N-ethyl adjacent to an activating group) is 1. The van der Waals surface area contributed by atoms with E-state index in [1.807, 2.05) is 0 Å². The lowest BCUT2D eigenvalue weighted by molar-refractivity contribution is -0.303. The highest BCUT2D eigenvalue weighted by molar-refractivity contribution is 5.20. The molecule has 0 amide bonds. The van der Waals surface area contributed by atoms with Gasteiger partial charge in [0.15, 0.2) is 0 Å². The van der Waals surface area contributed by atoms with E-state index in [1.54, 1.807) is 13.1 Å². The molecule has 0 saturated heterocycles. The first-order valence-electron chi connectivity index (χ1n) is 3.82. The smallest absolute Gasteiger partial charge is 0.406 e. The van der Waals surface area contributed by atoms with Gasteiger partial charge in [0.2, 0.25) is 0 Å². The zero-order valence-corrected chi connectivity index (χ0v) is 7.06. The molecule has 2 nitrogen and oxygen atoms in total. The molecule has 1 rings (SSSR count). The highest BCUT2D eigenvalue weighted by Gasteiger charge is 2.31. The van der Waals surface area contributed by atoms with Crippen molar-refractivity contribution < 1.29 is 17.9 Å². The van der Waals surface area contributed by atoms with Crippen LogP contribution in [0.4, 0.5) is 13.2 Å². The predicted octanol–water partition coefficient (Wildman–Crippen LogP) is 1.95. The molecule has 0 aromatic rings. The summed E-state index contributed by atoms with van der Waals surface area (Å²) in [5.74, 6) is -0.140. The number of alkyl halides is 3. The third-order valence-electron chi connectivity index (χ3n) is 1.67. The molecule has 0 heterocycles. The second-order valence-corrected chi connectivity index (χ2v) is 2.64. The number of hydrogen-bond acceptors (Lipinski definition) is 2. The molecule has 1 N–H and O–H groups in total. The van der Waals surface area contributed by atoms with Gasteiger partial charge in [-0.1, -0.05) is 6.08 Å². The standard InChI is InChI=1S/C8H10F3NO/c1-12-6-2-4-7(5-3-6)13-8(9,10)11/h2,4-6,12H,3H2,1H3. The molecule has 1 aliphatic carbocycles. The molecule has 74 valence electrons. The number of nitrogens with one attached hydrogen (secondary N) is 1. The number of allylic oxidation sites excluding steroid dienone is 1. The number of rotatable bonds is 2. The Morgan fingerprint density at radius 2 is 2.23 bits per heavy atom. The summed E-state index contributed by atoms with van der Waals surface area (Å²) in [6.45, 7) is 0. The van der Waals surface area contributed by atoms with E-state index in [0.29, 0.717) is 6.42 Å². The van der Waals surface area contributed by atoms with Gasteiger partial charge in [-0.25, -0.2) is 0 Å². The Labute approximate surface area is 74.1 Å². The minimum absolute atomic E-state index is 0.0978. The van der Waals surface area contributed by atoms with Crippen molar-refractivity contribution in [2.24, 2.45) is 0 Å². The molecule has 0 fully saturated rings. The highest BCUT2D eigenvalue weighted by atomic mass is 19.4. The van der Waals surface area contributed by atoms with Crippen LogP contribution in [0.3, 0.4) is 0 Å². The third kappa shape index (κ3) is 3.50. The van der Waals surface area contributed by atoms with Gasteiger partial charge in [0.25, 0.3) is 0 Å². The summed E-state index contributed by atoms with van der Waals surface area (Å²) in [5.41, 5.74) is 0. The molecule has 0 aromatic heterocycles. The van der Waals surface area contributed by atoms with Gasteiger partial charge in [0.1, 0.15) is 5.76 Å². The van der Waals surface area contributed by atoms with Crippen molar-refractivity contribution in [3.8, 4) is 0 Å². The second-order valence-electron chi connectivity index (χ2n) is 2.64. The van der Waals surface area contributed by atoms with Crippen LogP contribution >= 0.6 is 0 Å². The zero-order chi connectivity index (χ0) is 9.90. The van der Waals surface area contributed by atoms with Crippen molar-refractivity contribution in [3.63, 3.8) is 0 Å².